The maximum Gasteiger partial charge on any atom is 0.319 e. The van der Waals surface area contributed by atoms with Crippen molar-refractivity contribution < 1.29 is 23.9 Å². The van der Waals surface area contributed by atoms with Crippen molar-refractivity contribution in [3.05, 3.63) is 0 Å². The lowest BCUT2D eigenvalue weighted by molar-refractivity contribution is -0.147. The third-order valence-corrected chi connectivity index (χ3v) is 2.73. The van der Waals surface area contributed by atoms with Crippen LogP contribution in [0, 0.1) is 0 Å². The molecule has 102 valence electrons. The maximum absolute atomic E-state index is 11.8. The van der Waals surface area contributed by atoms with E-state index in [0.717, 1.165) is 19.5 Å². The molecule has 1 amide bonds. The van der Waals surface area contributed by atoms with Crippen LogP contribution in [0.25, 0.3) is 0 Å². The molecule has 7 heteroatoms. The molecule has 0 aromatic heterocycles. The Balaban J connectivity index is 2.49. The second kappa shape index (κ2) is 6.95. The summed E-state index contributed by atoms with van der Waals surface area (Å²) in [5.41, 5.74) is 0. The van der Waals surface area contributed by atoms with Crippen LogP contribution in [-0.4, -0.2) is 74.6 Å². The second-order valence-corrected chi connectivity index (χ2v) is 4.03. The Hall–Kier alpha value is -1.63. The van der Waals surface area contributed by atoms with E-state index in [-0.39, 0.29) is 25.5 Å². The SMILES string of the molecule is COC(=O)CN(CC(=O)OC)CC(=O)N1CCC1. The quantitative estimate of drug-likeness (QED) is 0.561. The van der Waals surface area contributed by atoms with Gasteiger partial charge in [0.25, 0.3) is 0 Å². The van der Waals surface area contributed by atoms with Gasteiger partial charge in [-0.25, -0.2) is 0 Å². The summed E-state index contributed by atoms with van der Waals surface area (Å²) in [6.45, 7) is 1.28. The predicted octanol–water partition coefficient (Wildman–Crippen LogP) is -1.13. The first-order valence-electron chi connectivity index (χ1n) is 5.70. The minimum Gasteiger partial charge on any atom is -0.468 e. The van der Waals surface area contributed by atoms with Crippen LogP contribution in [0.2, 0.25) is 0 Å². The van der Waals surface area contributed by atoms with Crippen LogP contribution in [0.15, 0.2) is 0 Å². The molecule has 1 rings (SSSR count). The lowest BCUT2D eigenvalue weighted by Gasteiger charge is -2.32. The minimum absolute atomic E-state index is 0.0181. The summed E-state index contributed by atoms with van der Waals surface area (Å²) in [6.07, 6.45) is 1.000. The zero-order valence-electron chi connectivity index (χ0n) is 10.7. The molecule has 0 radical (unpaired) electrons. The molecule has 1 fully saturated rings. The molecule has 7 nitrogen and oxygen atoms in total. The molecule has 0 spiro atoms. The van der Waals surface area contributed by atoms with Gasteiger partial charge in [0.2, 0.25) is 5.91 Å². The van der Waals surface area contributed by atoms with Crippen molar-refractivity contribution in [2.24, 2.45) is 0 Å². The highest BCUT2D eigenvalue weighted by molar-refractivity contribution is 5.81. The Labute approximate surface area is 106 Å². The van der Waals surface area contributed by atoms with Gasteiger partial charge in [-0.1, -0.05) is 0 Å². The fourth-order valence-electron chi connectivity index (χ4n) is 1.52. The monoisotopic (exact) mass is 258 g/mol. The number of hydrogen-bond acceptors (Lipinski definition) is 6. The Morgan fingerprint density at radius 2 is 1.50 bits per heavy atom. The van der Waals surface area contributed by atoms with Gasteiger partial charge in [-0.15, -0.1) is 0 Å². The smallest absolute Gasteiger partial charge is 0.319 e. The zero-order chi connectivity index (χ0) is 13.5. The summed E-state index contributed by atoms with van der Waals surface area (Å²) in [7, 11) is 2.52. The number of nitrogens with zero attached hydrogens (tertiary/aromatic N) is 2. The largest absolute Gasteiger partial charge is 0.468 e. The number of likely N-dealkylation sites (tertiary alicyclic amines) is 1. The van der Waals surface area contributed by atoms with Gasteiger partial charge in [0.05, 0.1) is 33.9 Å². The summed E-state index contributed by atoms with van der Waals surface area (Å²) in [5, 5.41) is 0. The fraction of sp³-hybridized carbons (Fsp3) is 0.727. The summed E-state index contributed by atoms with van der Waals surface area (Å²) >= 11 is 0. The molecule has 18 heavy (non-hydrogen) atoms. The molecular weight excluding hydrogens is 240 g/mol. The van der Waals surface area contributed by atoms with E-state index < -0.39 is 11.9 Å². The van der Waals surface area contributed by atoms with Crippen molar-refractivity contribution in [2.45, 2.75) is 6.42 Å². The van der Waals surface area contributed by atoms with E-state index >= 15 is 0 Å². The lowest BCUT2D eigenvalue weighted by Crippen LogP contribution is -2.49. The Kier molecular flexibility index (Phi) is 5.57. The molecule has 0 N–H and O–H groups in total. The maximum atomic E-state index is 11.8. The average molecular weight is 258 g/mol. The van der Waals surface area contributed by atoms with Gasteiger partial charge < -0.3 is 14.4 Å². The van der Waals surface area contributed by atoms with Crippen LogP contribution in [0.3, 0.4) is 0 Å². The number of carbonyl (C=O) groups excluding carboxylic acids is 3. The molecule has 1 aliphatic heterocycles. The van der Waals surface area contributed by atoms with Crippen molar-refractivity contribution in [1.82, 2.24) is 9.80 Å². The summed E-state index contributed by atoms with van der Waals surface area (Å²) in [6, 6.07) is 0. The molecular formula is C11H18N2O5. The van der Waals surface area contributed by atoms with E-state index in [2.05, 4.69) is 9.47 Å². The number of ether oxygens (including phenoxy) is 2. The summed E-state index contributed by atoms with van der Waals surface area (Å²) in [5.74, 6) is -1.07. The first-order chi connectivity index (χ1) is 8.56. The highest BCUT2D eigenvalue weighted by Crippen LogP contribution is 2.06. The van der Waals surface area contributed by atoms with Crippen LogP contribution in [-0.2, 0) is 23.9 Å². The van der Waals surface area contributed by atoms with Gasteiger partial charge in [-0.05, 0) is 6.42 Å². The van der Waals surface area contributed by atoms with Gasteiger partial charge in [-0.3, -0.25) is 19.3 Å². The van der Waals surface area contributed by atoms with Crippen LogP contribution in [0.5, 0.6) is 0 Å². The standard InChI is InChI=1S/C11H18N2O5/c1-17-10(15)7-12(8-11(16)18-2)6-9(14)13-4-3-5-13/h3-8H2,1-2H3. The van der Waals surface area contributed by atoms with Crippen molar-refractivity contribution in [3.8, 4) is 0 Å². The number of esters is 2. The van der Waals surface area contributed by atoms with Gasteiger partial charge in [0.15, 0.2) is 0 Å². The van der Waals surface area contributed by atoms with E-state index in [1.54, 1.807) is 4.90 Å². The van der Waals surface area contributed by atoms with Crippen LogP contribution < -0.4 is 0 Å². The second-order valence-electron chi connectivity index (χ2n) is 4.03. The molecule has 0 unspecified atom stereocenters. The van der Waals surface area contributed by atoms with E-state index in [1.165, 1.54) is 19.1 Å². The highest BCUT2D eigenvalue weighted by atomic mass is 16.5. The highest BCUT2D eigenvalue weighted by Gasteiger charge is 2.24. The average Bonchev–Trinajstić information content (AvgIpc) is 2.25. The Morgan fingerprint density at radius 3 is 1.83 bits per heavy atom. The molecule has 0 bridgehead atoms. The number of carbonyl (C=O) groups is 3. The zero-order valence-corrected chi connectivity index (χ0v) is 10.7. The van der Waals surface area contributed by atoms with E-state index in [1.807, 2.05) is 0 Å². The van der Waals surface area contributed by atoms with E-state index in [9.17, 15) is 14.4 Å². The molecule has 0 atom stereocenters. The van der Waals surface area contributed by atoms with Crippen LogP contribution in [0.1, 0.15) is 6.42 Å². The third-order valence-electron chi connectivity index (χ3n) is 2.73. The normalized spacial score (nSPS) is 14.1. The first kappa shape index (κ1) is 14.4. The molecule has 0 aromatic rings. The van der Waals surface area contributed by atoms with Crippen LogP contribution in [0.4, 0.5) is 0 Å². The fourth-order valence-corrected chi connectivity index (χ4v) is 1.52. The Morgan fingerprint density at radius 1 is 1.00 bits per heavy atom. The summed E-state index contributed by atoms with van der Waals surface area (Å²) in [4.78, 5) is 37.2. The van der Waals surface area contributed by atoms with Crippen molar-refractivity contribution in [2.75, 3.05) is 46.9 Å². The molecule has 0 saturated carbocycles. The molecule has 1 saturated heterocycles. The number of hydrogen-bond donors (Lipinski definition) is 0. The molecule has 0 aliphatic carbocycles. The predicted molar refractivity (Wildman–Crippen MR) is 61.7 cm³/mol. The summed E-state index contributed by atoms with van der Waals surface area (Å²) < 4.78 is 9.04. The number of rotatable bonds is 6. The topological polar surface area (TPSA) is 76.1 Å². The van der Waals surface area contributed by atoms with Gasteiger partial charge in [-0.2, -0.15) is 0 Å². The minimum atomic E-state index is -0.490. The Bertz CT molecular complexity index is 309. The van der Waals surface area contributed by atoms with Crippen molar-refractivity contribution >= 4 is 17.8 Å². The number of amides is 1. The van der Waals surface area contributed by atoms with Gasteiger partial charge in [0.1, 0.15) is 0 Å². The lowest BCUT2D eigenvalue weighted by atomic mass is 10.2. The van der Waals surface area contributed by atoms with Gasteiger partial charge in [0, 0.05) is 13.1 Å². The third kappa shape index (κ3) is 4.33. The molecule has 1 aliphatic rings. The van der Waals surface area contributed by atoms with Crippen molar-refractivity contribution in [3.63, 3.8) is 0 Å². The first-order valence-corrected chi connectivity index (χ1v) is 5.70. The van der Waals surface area contributed by atoms with Crippen molar-refractivity contribution in [1.29, 1.82) is 0 Å². The van der Waals surface area contributed by atoms with Gasteiger partial charge >= 0.3 is 11.9 Å². The van der Waals surface area contributed by atoms with E-state index in [0.29, 0.717) is 0 Å². The number of methoxy groups -OCH3 is 2. The van der Waals surface area contributed by atoms with Crippen LogP contribution >= 0.6 is 0 Å². The van der Waals surface area contributed by atoms with E-state index in [4.69, 9.17) is 0 Å². The molecule has 0 aromatic carbocycles. The molecule has 1 heterocycles.